The molecule has 5 rings (SSSR count). The molecule has 9 heteroatoms. The molecular weight excluding hydrogens is 424 g/mol. The van der Waals surface area contributed by atoms with Crippen LogP contribution in [0.2, 0.25) is 0 Å². The highest BCUT2D eigenvalue weighted by atomic mass is 32.1. The highest BCUT2D eigenvalue weighted by molar-refractivity contribution is 7.13. The van der Waals surface area contributed by atoms with E-state index >= 15 is 0 Å². The summed E-state index contributed by atoms with van der Waals surface area (Å²) in [6.07, 6.45) is 1.70. The van der Waals surface area contributed by atoms with E-state index in [1.165, 1.54) is 0 Å². The van der Waals surface area contributed by atoms with Crippen LogP contribution in [0.15, 0.2) is 58.6 Å². The zero-order chi connectivity index (χ0) is 22.2. The molecule has 0 spiro atoms. The largest absolute Gasteiger partial charge is 0.339 e. The first kappa shape index (κ1) is 20.1. The minimum Gasteiger partial charge on any atom is -0.339 e. The number of amides is 1. The molecule has 4 heterocycles. The van der Waals surface area contributed by atoms with E-state index < -0.39 is 0 Å². The number of nitrogens with one attached hydrogen (secondary N) is 1. The molecule has 5 aromatic rings. The van der Waals surface area contributed by atoms with Crippen LogP contribution >= 0.6 is 11.3 Å². The van der Waals surface area contributed by atoms with Gasteiger partial charge in [0.05, 0.1) is 33.4 Å². The predicted octanol–water partition coefficient (Wildman–Crippen LogP) is 5.35. The maximum absolute atomic E-state index is 13.5. The fraction of sp³-hybridized carbons (Fsp3) is 0.174. The SMILES string of the molecule is Cc1nc(-c2ccccc2NC(=O)c2cc(-c3cccs3)nc3c2cnn3C(C)C)no1. The second-order valence-electron chi connectivity index (χ2n) is 7.59. The molecule has 8 nitrogen and oxygen atoms in total. The second-order valence-corrected chi connectivity index (χ2v) is 8.54. The van der Waals surface area contributed by atoms with Gasteiger partial charge in [-0.15, -0.1) is 11.3 Å². The van der Waals surface area contributed by atoms with Crippen LogP contribution in [0.1, 0.15) is 36.1 Å². The topological polar surface area (TPSA) is 98.7 Å². The maximum atomic E-state index is 13.5. The molecule has 0 bridgehead atoms. The molecule has 32 heavy (non-hydrogen) atoms. The van der Waals surface area contributed by atoms with Gasteiger partial charge in [-0.05, 0) is 43.5 Å². The summed E-state index contributed by atoms with van der Waals surface area (Å²) in [5.41, 5.74) is 3.20. The third-order valence-corrected chi connectivity index (χ3v) is 5.91. The molecule has 4 aromatic heterocycles. The molecule has 0 saturated heterocycles. The lowest BCUT2D eigenvalue weighted by atomic mass is 10.1. The first-order valence-corrected chi connectivity index (χ1v) is 11.0. The normalized spacial score (nSPS) is 11.4. The number of carbonyl (C=O) groups excluding carboxylic acids is 1. The van der Waals surface area contributed by atoms with E-state index in [0.29, 0.717) is 39.6 Å². The first-order chi connectivity index (χ1) is 15.5. The number of carbonyl (C=O) groups is 1. The van der Waals surface area contributed by atoms with Gasteiger partial charge in [0.15, 0.2) is 5.65 Å². The van der Waals surface area contributed by atoms with Crippen molar-refractivity contribution in [3.8, 4) is 22.0 Å². The van der Waals surface area contributed by atoms with E-state index in [0.717, 1.165) is 10.6 Å². The second kappa shape index (κ2) is 8.01. The summed E-state index contributed by atoms with van der Waals surface area (Å²) in [5.74, 6) is 0.620. The van der Waals surface area contributed by atoms with E-state index in [2.05, 4.69) is 20.6 Å². The summed E-state index contributed by atoms with van der Waals surface area (Å²) in [4.78, 5) is 23.6. The Labute approximate surface area is 187 Å². The van der Waals surface area contributed by atoms with Crippen molar-refractivity contribution in [2.75, 3.05) is 5.32 Å². The molecule has 0 saturated carbocycles. The quantitative estimate of drug-likeness (QED) is 0.392. The van der Waals surface area contributed by atoms with E-state index in [4.69, 9.17) is 9.51 Å². The van der Waals surface area contributed by atoms with Crippen LogP contribution in [0, 0.1) is 6.92 Å². The number of fused-ring (bicyclic) bond motifs is 1. The Morgan fingerprint density at radius 2 is 2.00 bits per heavy atom. The van der Waals surface area contributed by atoms with Crippen molar-refractivity contribution >= 4 is 34.0 Å². The fourth-order valence-electron chi connectivity index (χ4n) is 3.52. The number of hydrogen-bond acceptors (Lipinski definition) is 7. The molecule has 0 fully saturated rings. The van der Waals surface area contributed by atoms with Crippen LogP contribution in [0.25, 0.3) is 33.0 Å². The van der Waals surface area contributed by atoms with Crippen LogP contribution in [0.4, 0.5) is 5.69 Å². The lowest BCUT2D eigenvalue weighted by Crippen LogP contribution is -2.14. The Morgan fingerprint density at radius 1 is 1.16 bits per heavy atom. The Hall–Kier alpha value is -3.85. The minimum absolute atomic E-state index is 0.108. The number of hydrogen-bond donors (Lipinski definition) is 1. The number of para-hydroxylation sites is 1. The molecule has 160 valence electrons. The van der Waals surface area contributed by atoms with Crippen molar-refractivity contribution in [3.05, 3.63) is 65.5 Å². The predicted molar refractivity (Wildman–Crippen MR) is 124 cm³/mol. The summed E-state index contributed by atoms with van der Waals surface area (Å²) >= 11 is 1.58. The molecule has 0 unspecified atom stereocenters. The van der Waals surface area contributed by atoms with E-state index in [1.54, 1.807) is 24.5 Å². The Bertz CT molecular complexity index is 1420. The van der Waals surface area contributed by atoms with Crippen LogP contribution in [-0.4, -0.2) is 30.8 Å². The van der Waals surface area contributed by atoms with E-state index in [9.17, 15) is 4.79 Å². The first-order valence-electron chi connectivity index (χ1n) is 10.1. The van der Waals surface area contributed by atoms with Gasteiger partial charge in [-0.1, -0.05) is 23.4 Å². The number of nitrogens with zero attached hydrogens (tertiary/aromatic N) is 5. The number of aryl methyl sites for hydroxylation is 1. The van der Waals surface area contributed by atoms with E-state index in [-0.39, 0.29) is 11.9 Å². The van der Waals surface area contributed by atoms with Crippen molar-refractivity contribution in [1.82, 2.24) is 24.9 Å². The standard InChI is InChI=1S/C23H20N6O2S/c1-13(2)29-22-17(12-24-29)16(11-19(26-22)20-9-6-10-32-20)23(30)27-18-8-5-4-7-15(18)21-25-14(3)31-28-21/h4-13H,1-3H3,(H,27,30). The van der Waals surface area contributed by atoms with Gasteiger partial charge in [-0.3, -0.25) is 4.79 Å². The fourth-order valence-corrected chi connectivity index (χ4v) is 4.21. The van der Waals surface area contributed by atoms with Crippen LogP contribution in [0.5, 0.6) is 0 Å². The van der Waals surface area contributed by atoms with Gasteiger partial charge >= 0.3 is 0 Å². The monoisotopic (exact) mass is 444 g/mol. The molecule has 0 atom stereocenters. The van der Waals surface area contributed by atoms with Crippen molar-refractivity contribution in [2.45, 2.75) is 26.8 Å². The van der Waals surface area contributed by atoms with Crippen molar-refractivity contribution in [1.29, 1.82) is 0 Å². The van der Waals surface area contributed by atoms with Gasteiger partial charge < -0.3 is 9.84 Å². The summed E-state index contributed by atoms with van der Waals surface area (Å²) in [7, 11) is 0. The average molecular weight is 445 g/mol. The smallest absolute Gasteiger partial charge is 0.256 e. The zero-order valence-corrected chi connectivity index (χ0v) is 18.6. The minimum atomic E-state index is -0.258. The van der Waals surface area contributed by atoms with Gasteiger partial charge in [0.25, 0.3) is 5.91 Å². The van der Waals surface area contributed by atoms with Gasteiger partial charge in [0.1, 0.15) is 0 Å². The van der Waals surface area contributed by atoms with Crippen molar-refractivity contribution in [2.24, 2.45) is 0 Å². The molecule has 0 aliphatic heterocycles. The summed E-state index contributed by atoms with van der Waals surface area (Å²) < 4.78 is 6.94. The number of anilines is 1. The summed E-state index contributed by atoms with van der Waals surface area (Å²) in [5, 5.41) is 14.2. The number of pyridine rings is 1. The van der Waals surface area contributed by atoms with Gasteiger partial charge in [-0.2, -0.15) is 10.1 Å². The third-order valence-electron chi connectivity index (χ3n) is 5.02. The van der Waals surface area contributed by atoms with Gasteiger partial charge in [0.2, 0.25) is 11.7 Å². The zero-order valence-electron chi connectivity index (χ0n) is 17.7. The highest BCUT2D eigenvalue weighted by Gasteiger charge is 2.20. The number of rotatable bonds is 5. The molecule has 1 aromatic carbocycles. The van der Waals surface area contributed by atoms with Gasteiger partial charge in [-0.25, -0.2) is 9.67 Å². The van der Waals surface area contributed by atoms with Crippen LogP contribution in [-0.2, 0) is 0 Å². The number of benzene rings is 1. The third kappa shape index (κ3) is 3.56. The van der Waals surface area contributed by atoms with E-state index in [1.807, 2.05) is 66.4 Å². The van der Waals surface area contributed by atoms with Crippen LogP contribution in [0.3, 0.4) is 0 Å². The summed E-state index contributed by atoms with van der Waals surface area (Å²) in [6.45, 7) is 5.80. The number of thiophene rings is 1. The molecule has 1 amide bonds. The average Bonchev–Trinajstić information content (AvgIpc) is 3.54. The Morgan fingerprint density at radius 3 is 2.72 bits per heavy atom. The lowest BCUT2D eigenvalue weighted by molar-refractivity contribution is 0.102. The molecule has 0 radical (unpaired) electrons. The number of aromatic nitrogens is 5. The maximum Gasteiger partial charge on any atom is 0.256 e. The lowest BCUT2D eigenvalue weighted by Gasteiger charge is -2.12. The van der Waals surface area contributed by atoms with Crippen LogP contribution < -0.4 is 5.32 Å². The summed E-state index contributed by atoms with van der Waals surface area (Å²) in [6, 6.07) is 13.3. The Kier molecular flexibility index (Phi) is 5.02. The molecular formula is C23H20N6O2S. The highest BCUT2D eigenvalue weighted by Crippen LogP contribution is 2.31. The molecule has 0 aliphatic rings. The molecule has 1 N–H and O–H groups in total. The van der Waals surface area contributed by atoms with Crippen molar-refractivity contribution in [3.63, 3.8) is 0 Å². The Balaban J connectivity index is 1.60. The van der Waals surface area contributed by atoms with Crippen molar-refractivity contribution < 1.29 is 9.32 Å². The van der Waals surface area contributed by atoms with Gasteiger partial charge in [0, 0.05) is 18.5 Å². The molecule has 0 aliphatic carbocycles.